The summed E-state index contributed by atoms with van der Waals surface area (Å²) in [5.74, 6) is -0.971. The Hall–Kier alpha value is -3.15. The smallest absolute Gasteiger partial charge is 0.336 e. The molecule has 6 heteroatoms. The van der Waals surface area contributed by atoms with E-state index in [4.69, 9.17) is 0 Å². The van der Waals surface area contributed by atoms with Crippen molar-refractivity contribution in [3.05, 3.63) is 81.5 Å². The fourth-order valence-electron chi connectivity index (χ4n) is 3.86. The Morgan fingerprint density at radius 3 is 2.27 bits per heavy atom. The lowest BCUT2D eigenvalue weighted by molar-refractivity contribution is 0.0697. The number of aromatic carboxylic acids is 1. The van der Waals surface area contributed by atoms with Crippen molar-refractivity contribution in [2.24, 2.45) is 0 Å². The Balaban J connectivity index is 1.96. The number of rotatable bonds is 9. The molecule has 30 heavy (non-hydrogen) atoms. The second-order valence-electron chi connectivity index (χ2n) is 7.35. The highest BCUT2D eigenvalue weighted by Crippen LogP contribution is 2.24. The van der Waals surface area contributed by atoms with E-state index < -0.39 is 12.6 Å². The molecule has 0 aliphatic rings. The van der Waals surface area contributed by atoms with Crippen molar-refractivity contribution in [3.63, 3.8) is 0 Å². The van der Waals surface area contributed by atoms with Gasteiger partial charge in [-0.05, 0) is 35.6 Å². The molecule has 0 amide bonds. The molecule has 2 aromatic carbocycles. The Morgan fingerprint density at radius 1 is 0.967 bits per heavy atom. The first-order valence-electron chi connectivity index (χ1n) is 10.3. The number of carboxylic acids is 1. The van der Waals surface area contributed by atoms with Crippen molar-refractivity contribution < 1.29 is 14.3 Å². The Morgan fingerprint density at radius 2 is 1.67 bits per heavy atom. The van der Waals surface area contributed by atoms with Crippen LogP contribution in [0.15, 0.2) is 53.3 Å². The Labute approximate surface area is 175 Å². The van der Waals surface area contributed by atoms with Gasteiger partial charge in [0.25, 0.3) is 0 Å². The first-order valence-corrected chi connectivity index (χ1v) is 10.3. The van der Waals surface area contributed by atoms with Gasteiger partial charge in [-0.2, -0.15) is 0 Å². The number of alkyl halides is 1. The van der Waals surface area contributed by atoms with Gasteiger partial charge in [-0.15, -0.1) is 0 Å². The minimum Gasteiger partial charge on any atom is -0.478 e. The number of hydrogen-bond donors (Lipinski definition) is 1. The van der Waals surface area contributed by atoms with Crippen LogP contribution >= 0.6 is 0 Å². The molecule has 0 saturated heterocycles. The molecule has 3 rings (SSSR count). The van der Waals surface area contributed by atoms with Crippen LogP contribution in [0.1, 0.15) is 54.0 Å². The van der Waals surface area contributed by atoms with Crippen molar-refractivity contribution >= 4 is 5.97 Å². The number of hydrogen-bond acceptors (Lipinski definition) is 2. The van der Waals surface area contributed by atoms with Crippen LogP contribution in [0.2, 0.25) is 0 Å². The van der Waals surface area contributed by atoms with E-state index >= 15 is 0 Å². The second-order valence-corrected chi connectivity index (χ2v) is 7.35. The molecule has 0 atom stereocenters. The van der Waals surface area contributed by atoms with Gasteiger partial charge in [0.15, 0.2) is 0 Å². The van der Waals surface area contributed by atoms with Crippen LogP contribution in [0.5, 0.6) is 0 Å². The van der Waals surface area contributed by atoms with Gasteiger partial charge in [-0.3, -0.25) is 9.13 Å². The van der Waals surface area contributed by atoms with Crippen molar-refractivity contribution in [2.75, 3.05) is 0 Å². The van der Waals surface area contributed by atoms with Crippen LogP contribution in [0.25, 0.3) is 11.1 Å². The van der Waals surface area contributed by atoms with Gasteiger partial charge in [-0.1, -0.05) is 62.7 Å². The van der Waals surface area contributed by atoms with Gasteiger partial charge in [0.05, 0.1) is 17.8 Å². The molecule has 0 aliphatic carbocycles. The Bertz CT molecular complexity index is 1080. The normalized spacial score (nSPS) is 11.0. The van der Waals surface area contributed by atoms with Crippen LogP contribution in [-0.2, 0) is 26.2 Å². The highest BCUT2D eigenvalue weighted by molar-refractivity contribution is 5.95. The van der Waals surface area contributed by atoms with E-state index in [-0.39, 0.29) is 11.3 Å². The predicted octanol–water partition coefficient (Wildman–Crippen LogP) is 4.90. The summed E-state index contributed by atoms with van der Waals surface area (Å²) in [4.78, 5) is 24.4. The zero-order valence-corrected chi connectivity index (χ0v) is 17.4. The summed E-state index contributed by atoms with van der Waals surface area (Å²) in [6.45, 7) is 4.20. The third-order valence-corrected chi connectivity index (χ3v) is 5.27. The monoisotopic (exact) mass is 410 g/mol. The third-order valence-electron chi connectivity index (χ3n) is 5.27. The van der Waals surface area contributed by atoms with Crippen molar-refractivity contribution in [1.82, 2.24) is 9.13 Å². The maximum absolute atomic E-state index is 13.7. The van der Waals surface area contributed by atoms with Crippen LogP contribution in [0, 0.1) is 0 Å². The maximum atomic E-state index is 13.7. The highest BCUT2D eigenvalue weighted by atomic mass is 19.1. The van der Waals surface area contributed by atoms with E-state index in [9.17, 15) is 19.1 Å². The molecule has 1 aromatic heterocycles. The Kier molecular flexibility index (Phi) is 6.87. The molecule has 1 N–H and O–H groups in total. The molecule has 0 fully saturated rings. The molecule has 1 heterocycles. The number of carbonyl (C=O) groups is 1. The summed E-state index contributed by atoms with van der Waals surface area (Å²) in [6, 6.07) is 14.4. The van der Waals surface area contributed by atoms with E-state index in [1.54, 1.807) is 33.4 Å². The molecule has 0 aliphatic heterocycles. The highest BCUT2D eigenvalue weighted by Gasteiger charge is 2.19. The molecule has 3 aromatic rings. The summed E-state index contributed by atoms with van der Waals surface area (Å²) >= 11 is 0. The summed E-state index contributed by atoms with van der Waals surface area (Å²) < 4.78 is 17.0. The maximum Gasteiger partial charge on any atom is 0.336 e. The van der Waals surface area contributed by atoms with Crippen LogP contribution in [-0.4, -0.2) is 20.2 Å². The van der Waals surface area contributed by atoms with Crippen LogP contribution in [0.4, 0.5) is 4.39 Å². The van der Waals surface area contributed by atoms with E-state index in [2.05, 4.69) is 0 Å². The molecule has 0 saturated carbocycles. The number of nitrogens with zero attached hydrogens (tertiary/aromatic N) is 2. The largest absolute Gasteiger partial charge is 0.478 e. The zero-order chi connectivity index (χ0) is 21.7. The van der Waals surface area contributed by atoms with Gasteiger partial charge < -0.3 is 5.11 Å². The molecule has 0 unspecified atom stereocenters. The van der Waals surface area contributed by atoms with E-state index in [0.29, 0.717) is 30.8 Å². The van der Waals surface area contributed by atoms with Gasteiger partial charge >= 0.3 is 11.7 Å². The van der Waals surface area contributed by atoms with Crippen molar-refractivity contribution in [1.29, 1.82) is 0 Å². The minimum absolute atomic E-state index is 0.173. The number of aromatic nitrogens is 2. The van der Waals surface area contributed by atoms with Crippen molar-refractivity contribution in [3.8, 4) is 11.1 Å². The standard InChI is InChI=1S/C24H27FN2O3/c1-3-7-21-22(15-25)26(14-4-2)24(30)27(21)16-17-10-12-18(13-11-17)19-8-5-6-9-20(19)23(28)29/h5-6,8-13H,3-4,7,14-16H2,1-2H3,(H,28,29). The topological polar surface area (TPSA) is 64.2 Å². The summed E-state index contributed by atoms with van der Waals surface area (Å²) in [7, 11) is 0. The van der Waals surface area contributed by atoms with Gasteiger partial charge in [0.2, 0.25) is 0 Å². The lowest BCUT2D eigenvalue weighted by Crippen LogP contribution is -2.26. The summed E-state index contributed by atoms with van der Waals surface area (Å²) in [5.41, 5.74) is 3.67. The molecule has 0 bridgehead atoms. The minimum atomic E-state index is -0.971. The SMILES string of the molecule is CCCc1c(CF)n(CCC)c(=O)n1Cc1ccc(-c2ccccc2C(=O)O)cc1. The van der Waals surface area contributed by atoms with Crippen LogP contribution in [0.3, 0.4) is 0 Å². The summed E-state index contributed by atoms with van der Waals surface area (Å²) in [5, 5.41) is 9.41. The lowest BCUT2D eigenvalue weighted by Gasteiger charge is -2.10. The number of carboxylic acid groups (broad SMARTS) is 1. The quantitative estimate of drug-likeness (QED) is 0.546. The molecule has 5 nitrogen and oxygen atoms in total. The molecule has 158 valence electrons. The average molecular weight is 410 g/mol. The average Bonchev–Trinajstić information content (AvgIpc) is 3.00. The van der Waals surface area contributed by atoms with E-state index in [0.717, 1.165) is 29.7 Å². The third kappa shape index (κ3) is 4.22. The lowest BCUT2D eigenvalue weighted by atomic mass is 9.99. The first-order chi connectivity index (χ1) is 14.5. The van der Waals surface area contributed by atoms with Gasteiger partial charge in [0.1, 0.15) is 6.67 Å². The zero-order valence-electron chi connectivity index (χ0n) is 17.4. The number of benzene rings is 2. The summed E-state index contributed by atoms with van der Waals surface area (Å²) in [6.07, 6.45) is 2.24. The van der Waals surface area contributed by atoms with E-state index in [1.807, 2.05) is 38.1 Å². The second kappa shape index (κ2) is 9.57. The van der Waals surface area contributed by atoms with Gasteiger partial charge in [0, 0.05) is 12.2 Å². The number of imidazole rings is 1. The van der Waals surface area contributed by atoms with Crippen LogP contribution < -0.4 is 5.69 Å². The predicted molar refractivity (Wildman–Crippen MR) is 116 cm³/mol. The fraction of sp³-hybridized carbons (Fsp3) is 0.333. The molecule has 0 radical (unpaired) electrons. The number of halogens is 1. The molecule has 0 spiro atoms. The first kappa shape index (κ1) is 21.6. The van der Waals surface area contributed by atoms with Crippen molar-refractivity contribution in [2.45, 2.75) is 52.9 Å². The molecular weight excluding hydrogens is 383 g/mol. The van der Waals surface area contributed by atoms with E-state index in [1.165, 1.54) is 0 Å². The fourth-order valence-corrected chi connectivity index (χ4v) is 3.86. The van der Waals surface area contributed by atoms with Gasteiger partial charge in [-0.25, -0.2) is 14.0 Å². The molecular formula is C24H27FN2O3.